The van der Waals surface area contributed by atoms with Gasteiger partial charge in [-0.15, -0.1) is 13.2 Å². The molecule has 1 unspecified atom stereocenters. The molecule has 1 aromatic carbocycles. The molecule has 2 aliphatic rings. The number of benzene rings is 1. The van der Waals surface area contributed by atoms with Crippen molar-refractivity contribution in [3.63, 3.8) is 0 Å². The number of hydrogen-bond donors (Lipinski definition) is 0. The van der Waals surface area contributed by atoms with Crippen molar-refractivity contribution in [3.05, 3.63) is 29.6 Å². The summed E-state index contributed by atoms with van der Waals surface area (Å²) in [6, 6.07) is 3.77. The lowest BCUT2D eigenvalue weighted by atomic mass is 9.64. The molecule has 2 nitrogen and oxygen atoms in total. The van der Waals surface area contributed by atoms with Crippen LogP contribution in [0.15, 0.2) is 18.2 Å². The summed E-state index contributed by atoms with van der Waals surface area (Å²) in [7, 11) is 0. The highest BCUT2D eigenvalue weighted by atomic mass is 19.4. The van der Waals surface area contributed by atoms with Crippen LogP contribution in [-0.4, -0.2) is 12.6 Å². The van der Waals surface area contributed by atoms with E-state index in [0.29, 0.717) is 11.8 Å². The molecule has 0 N–H and O–H groups in total. The molecule has 2 aliphatic carbocycles. The van der Waals surface area contributed by atoms with E-state index in [0.717, 1.165) is 56.4 Å². The Morgan fingerprint density at radius 1 is 1.04 bits per heavy atom. The molecule has 4 atom stereocenters. The molecule has 0 saturated heterocycles. The first-order chi connectivity index (χ1) is 11.4. The zero-order chi connectivity index (χ0) is 17.3. The van der Waals surface area contributed by atoms with E-state index in [1.807, 2.05) is 0 Å². The second-order valence-electron chi connectivity index (χ2n) is 6.98. The maximum Gasteiger partial charge on any atom is 0.573 e. The lowest BCUT2D eigenvalue weighted by Crippen LogP contribution is -2.31. The van der Waals surface area contributed by atoms with Gasteiger partial charge >= 0.3 is 6.36 Å². The summed E-state index contributed by atoms with van der Waals surface area (Å²) in [4.78, 5) is 11.0. The number of carbonyl (C=O) groups is 1. The molecular weight excluding hydrogens is 324 g/mol. The Morgan fingerprint density at radius 3 is 2.42 bits per heavy atom. The van der Waals surface area contributed by atoms with Gasteiger partial charge in [-0.1, -0.05) is 6.07 Å². The molecule has 3 rings (SSSR count). The summed E-state index contributed by atoms with van der Waals surface area (Å²) in [5.41, 5.74) is 0.734. The van der Waals surface area contributed by atoms with Crippen molar-refractivity contribution in [3.8, 4) is 5.75 Å². The Labute approximate surface area is 138 Å². The van der Waals surface area contributed by atoms with Gasteiger partial charge in [0, 0.05) is 5.92 Å². The first kappa shape index (κ1) is 17.2. The van der Waals surface area contributed by atoms with Crippen molar-refractivity contribution < 1.29 is 27.1 Å². The largest absolute Gasteiger partial charge is 0.573 e. The van der Waals surface area contributed by atoms with Crippen LogP contribution in [0.4, 0.5) is 17.6 Å². The fourth-order valence-electron chi connectivity index (χ4n) is 4.33. The van der Waals surface area contributed by atoms with Gasteiger partial charge in [0.1, 0.15) is 6.29 Å². The van der Waals surface area contributed by atoms with Crippen LogP contribution in [0.25, 0.3) is 0 Å². The zero-order valence-electron chi connectivity index (χ0n) is 13.2. The first-order valence-electron chi connectivity index (χ1n) is 8.36. The number of alkyl halides is 3. The highest BCUT2D eigenvalue weighted by Gasteiger charge is 2.36. The minimum Gasteiger partial charge on any atom is -0.403 e. The Kier molecular flexibility index (Phi) is 4.83. The molecule has 1 aromatic rings. The van der Waals surface area contributed by atoms with E-state index in [2.05, 4.69) is 4.74 Å². The molecular formula is C18H20F4O2. The smallest absolute Gasteiger partial charge is 0.403 e. The van der Waals surface area contributed by atoms with Crippen LogP contribution in [0.3, 0.4) is 0 Å². The van der Waals surface area contributed by atoms with Crippen molar-refractivity contribution >= 4 is 6.29 Å². The predicted molar refractivity (Wildman–Crippen MR) is 80.1 cm³/mol. The maximum atomic E-state index is 13.9. The number of aldehydes is 1. The molecule has 6 heteroatoms. The number of hydrogen-bond acceptors (Lipinski definition) is 2. The highest BCUT2D eigenvalue weighted by molar-refractivity contribution is 5.53. The van der Waals surface area contributed by atoms with E-state index in [4.69, 9.17) is 0 Å². The Morgan fingerprint density at radius 2 is 1.75 bits per heavy atom. The molecule has 0 heterocycles. The molecule has 24 heavy (non-hydrogen) atoms. The van der Waals surface area contributed by atoms with Crippen molar-refractivity contribution in [2.45, 2.75) is 50.8 Å². The third kappa shape index (κ3) is 3.90. The SMILES string of the molecule is O=C[C@@H]1CC[C@@H]2CC(c3ccc(OC(F)(F)F)c(F)c3)CC[C@@H]2C1. The summed E-state index contributed by atoms with van der Waals surface area (Å²) in [5.74, 6) is -0.368. The fourth-order valence-corrected chi connectivity index (χ4v) is 4.33. The topological polar surface area (TPSA) is 26.3 Å². The number of ether oxygens (including phenoxy) is 1. The first-order valence-corrected chi connectivity index (χ1v) is 8.36. The molecule has 2 saturated carbocycles. The zero-order valence-corrected chi connectivity index (χ0v) is 13.2. The van der Waals surface area contributed by atoms with Gasteiger partial charge in [-0.3, -0.25) is 0 Å². The quantitative estimate of drug-likeness (QED) is 0.555. The number of fused-ring (bicyclic) bond motifs is 1. The van der Waals surface area contributed by atoms with Gasteiger partial charge in [0.15, 0.2) is 11.6 Å². The van der Waals surface area contributed by atoms with E-state index in [1.165, 1.54) is 12.1 Å². The Bertz CT molecular complexity index is 599. The van der Waals surface area contributed by atoms with Crippen molar-refractivity contribution in [2.75, 3.05) is 0 Å². The second-order valence-corrected chi connectivity index (χ2v) is 6.98. The van der Waals surface area contributed by atoms with E-state index < -0.39 is 17.9 Å². The van der Waals surface area contributed by atoms with Gasteiger partial charge in [-0.25, -0.2) is 4.39 Å². The normalized spacial score (nSPS) is 30.5. The van der Waals surface area contributed by atoms with Gasteiger partial charge in [0.2, 0.25) is 0 Å². The molecule has 0 aromatic heterocycles. The van der Waals surface area contributed by atoms with Crippen molar-refractivity contribution in [1.82, 2.24) is 0 Å². The molecule has 0 spiro atoms. The lowest BCUT2D eigenvalue weighted by molar-refractivity contribution is -0.275. The summed E-state index contributed by atoms with van der Waals surface area (Å²) in [6.45, 7) is 0. The predicted octanol–water partition coefficient (Wildman–Crippen LogP) is 5.22. The summed E-state index contributed by atoms with van der Waals surface area (Å²) in [5, 5.41) is 0. The molecule has 0 aliphatic heterocycles. The number of carbonyl (C=O) groups excluding carboxylic acids is 1. The van der Waals surface area contributed by atoms with Crippen LogP contribution in [0.1, 0.15) is 50.0 Å². The minimum absolute atomic E-state index is 0.161. The average molecular weight is 344 g/mol. The van der Waals surface area contributed by atoms with E-state index >= 15 is 0 Å². The monoisotopic (exact) mass is 344 g/mol. The molecule has 132 valence electrons. The summed E-state index contributed by atoms with van der Waals surface area (Å²) in [6.07, 6.45) is 1.79. The van der Waals surface area contributed by atoms with Crippen LogP contribution < -0.4 is 4.74 Å². The standard InChI is InChI=1S/C18H20F4O2/c19-16-9-15(5-6-17(16)24-18(20,21)22)14-4-3-12-7-11(10-23)1-2-13(12)8-14/h5-6,9-14H,1-4,7-8H2/t11-,12-,13-,14?/m1/s1. The molecule has 0 radical (unpaired) electrons. The van der Waals surface area contributed by atoms with Crippen LogP contribution in [0, 0.1) is 23.6 Å². The summed E-state index contributed by atoms with van der Waals surface area (Å²) < 4.78 is 54.2. The Hall–Kier alpha value is -1.59. The second kappa shape index (κ2) is 6.73. The van der Waals surface area contributed by atoms with Crippen molar-refractivity contribution in [1.29, 1.82) is 0 Å². The van der Waals surface area contributed by atoms with Gasteiger partial charge in [0.05, 0.1) is 0 Å². The van der Waals surface area contributed by atoms with Crippen LogP contribution in [0.2, 0.25) is 0 Å². The molecule has 0 amide bonds. The van der Waals surface area contributed by atoms with E-state index in [9.17, 15) is 22.4 Å². The van der Waals surface area contributed by atoms with Gasteiger partial charge in [-0.2, -0.15) is 0 Å². The van der Waals surface area contributed by atoms with E-state index in [1.54, 1.807) is 0 Å². The summed E-state index contributed by atoms with van der Waals surface area (Å²) >= 11 is 0. The van der Waals surface area contributed by atoms with Crippen LogP contribution >= 0.6 is 0 Å². The Balaban J connectivity index is 1.68. The fraction of sp³-hybridized carbons (Fsp3) is 0.611. The van der Waals surface area contributed by atoms with Gasteiger partial charge < -0.3 is 9.53 Å². The third-order valence-electron chi connectivity index (χ3n) is 5.50. The van der Waals surface area contributed by atoms with Gasteiger partial charge in [-0.05, 0) is 74.0 Å². The number of halogens is 4. The number of rotatable bonds is 3. The van der Waals surface area contributed by atoms with Crippen LogP contribution in [-0.2, 0) is 4.79 Å². The van der Waals surface area contributed by atoms with E-state index in [-0.39, 0.29) is 11.8 Å². The molecule has 0 bridgehead atoms. The van der Waals surface area contributed by atoms with Crippen molar-refractivity contribution in [2.24, 2.45) is 17.8 Å². The van der Waals surface area contributed by atoms with Crippen LogP contribution in [0.5, 0.6) is 5.75 Å². The highest BCUT2D eigenvalue weighted by Crippen LogP contribution is 2.47. The van der Waals surface area contributed by atoms with Gasteiger partial charge in [0.25, 0.3) is 0 Å². The lowest BCUT2D eigenvalue weighted by Gasteiger charge is -2.41. The minimum atomic E-state index is -4.89. The third-order valence-corrected chi connectivity index (χ3v) is 5.50. The maximum absolute atomic E-state index is 13.9. The molecule has 2 fully saturated rings. The average Bonchev–Trinajstić information content (AvgIpc) is 2.54.